The number of rotatable bonds is 2. The zero-order valence-corrected chi connectivity index (χ0v) is 13.0. The van der Waals surface area contributed by atoms with Gasteiger partial charge in [0, 0.05) is 19.4 Å². The number of benzene rings is 2. The second-order valence-electron chi connectivity index (χ2n) is 3.59. The van der Waals surface area contributed by atoms with Crippen LogP contribution in [0.5, 0.6) is 0 Å². The van der Waals surface area contributed by atoms with Crippen LogP contribution in [-0.2, 0) is 0 Å². The molecule has 0 aromatic heterocycles. The summed E-state index contributed by atoms with van der Waals surface area (Å²) in [5.41, 5.74) is 1.52. The highest BCUT2D eigenvalue weighted by Gasteiger charge is 2.02. The zero-order chi connectivity index (χ0) is 13.0. The summed E-state index contributed by atoms with van der Waals surface area (Å²) in [7, 11) is 0. The number of urea groups is 1. The maximum Gasteiger partial charge on any atom is 0.323 e. The van der Waals surface area contributed by atoms with E-state index in [1.54, 1.807) is 0 Å². The second kappa shape index (κ2) is 6.19. The molecule has 18 heavy (non-hydrogen) atoms. The normalized spacial score (nSPS) is 9.89. The van der Waals surface area contributed by atoms with Crippen LogP contribution in [0.15, 0.2) is 53.0 Å². The third-order valence-corrected chi connectivity index (χ3v) is 3.45. The van der Waals surface area contributed by atoms with E-state index in [-0.39, 0.29) is 6.03 Å². The smallest absolute Gasteiger partial charge is 0.308 e. The minimum atomic E-state index is -0.251. The number of carbonyl (C=O) groups excluding carboxylic acids is 1. The fourth-order valence-electron chi connectivity index (χ4n) is 1.36. The van der Waals surface area contributed by atoms with Crippen molar-refractivity contribution in [1.82, 2.24) is 0 Å². The van der Waals surface area contributed by atoms with Gasteiger partial charge in [0.2, 0.25) is 0 Å². The summed E-state index contributed by atoms with van der Waals surface area (Å²) < 4.78 is 2.11. The Morgan fingerprint density at radius 2 is 1.33 bits per heavy atom. The molecule has 0 atom stereocenters. The zero-order valence-electron chi connectivity index (χ0n) is 9.28. The molecule has 0 aliphatic carbocycles. The van der Waals surface area contributed by atoms with Crippen molar-refractivity contribution < 1.29 is 4.79 Å². The van der Waals surface area contributed by atoms with Crippen LogP contribution in [0.25, 0.3) is 0 Å². The fraction of sp³-hybridized carbons (Fsp3) is 0. The Labute approximate surface area is 127 Å². The highest BCUT2D eigenvalue weighted by atomic mass is 127. The maximum atomic E-state index is 11.7. The van der Waals surface area contributed by atoms with Crippen LogP contribution in [0.3, 0.4) is 0 Å². The number of carbonyl (C=O) groups is 1. The average Bonchev–Trinajstić information content (AvgIpc) is 2.35. The Morgan fingerprint density at radius 3 is 1.83 bits per heavy atom. The molecule has 2 aromatic rings. The molecule has 0 saturated heterocycles. The van der Waals surface area contributed by atoms with Crippen molar-refractivity contribution in [2.45, 2.75) is 0 Å². The van der Waals surface area contributed by atoms with Gasteiger partial charge in [0.1, 0.15) is 0 Å². The highest BCUT2D eigenvalue weighted by Crippen LogP contribution is 2.15. The van der Waals surface area contributed by atoms with Gasteiger partial charge in [0.15, 0.2) is 0 Å². The van der Waals surface area contributed by atoms with Crippen LogP contribution in [0.4, 0.5) is 16.2 Å². The summed E-state index contributed by atoms with van der Waals surface area (Å²) in [6.45, 7) is 0. The predicted molar refractivity (Wildman–Crippen MR) is 85.9 cm³/mol. The van der Waals surface area contributed by atoms with Crippen LogP contribution >= 0.6 is 38.5 Å². The summed E-state index contributed by atoms with van der Waals surface area (Å²) in [6, 6.07) is 14.8. The van der Waals surface area contributed by atoms with Gasteiger partial charge in [0.25, 0.3) is 0 Å². The molecule has 0 spiro atoms. The van der Waals surface area contributed by atoms with E-state index >= 15 is 0 Å². The number of hydrogen-bond donors (Lipinski definition) is 2. The van der Waals surface area contributed by atoms with Crippen LogP contribution in [-0.4, -0.2) is 6.03 Å². The molecule has 3 nitrogen and oxygen atoms in total. The Hall–Kier alpha value is -1.08. The molecule has 0 aliphatic heterocycles. The summed E-state index contributed by atoms with van der Waals surface area (Å²) in [6.07, 6.45) is 0. The average molecular weight is 417 g/mol. The first-order valence-corrected chi connectivity index (χ1v) is 7.10. The number of amides is 2. The van der Waals surface area contributed by atoms with E-state index in [1.807, 2.05) is 48.5 Å². The number of hydrogen-bond acceptors (Lipinski definition) is 1. The van der Waals surface area contributed by atoms with Crippen LogP contribution in [0.2, 0.25) is 0 Å². The van der Waals surface area contributed by atoms with Crippen molar-refractivity contribution in [1.29, 1.82) is 0 Å². The lowest BCUT2D eigenvalue weighted by Crippen LogP contribution is -2.19. The molecule has 0 unspecified atom stereocenters. The van der Waals surface area contributed by atoms with Gasteiger partial charge < -0.3 is 10.6 Å². The Bertz CT molecular complexity index is 490. The van der Waals surface area contributed by atoms with Gasteiger partial charge in [-0.2, -0.15) is 0 Å². The van der Waals surface area contributed by atoms with Crippen molar-refractivity contribution in [3.8, 4) is 0 Å². The van der Waals surface area contributed by atoms with Crippen LogP contribution in [0.1, 0.15) is 0 Å². The first-order chi connectivity index (χ1) is 8.63. The van der Waals surface area contributed by atoms with Crippen molar-refractivity contribution in [3.63, 3.8) is 0 Å². The quantitative estimate of drug-likeness (QED) is 0.684. The topological polar surface area (TPSA) is 41.1 Å². The third kappa shape index (κ3) is 3.99. The first kappa shape index (κ1) is 13.4. The van der Waals surface area contributed by atoms with Gasteiger partial charge in [-0.1, -0.05) is 15.9 Å². The van der Waals surface area contributed by atoms with Crippen molar-refractivity contribution >= 4 is 55.9 Å². The predicted octanol–water partition coefficient (Wildman–Crippen LogP) is 4.70. The van der Waals surface area contributed by atoms with E-state index in [0.29, 0.717) is 0 Å². The van der Waals surface area contributed by atoms with E-state index in [9.17, 15) is 4.79 Å². The maximum absolute atomic E-state index is 11.7. The molecule has 0 radical (unpaired) electrons. The molecule has 2 amide bonds. The number of nitrogens with one attached hydrogen (secondary N) is 2. The minimum absolute atomic E-state index is 0.251. The minimum Gasteiger partial charge on any atom is -0.308 e. The monoisotopic (exact) mass is 416 g/mol. The van der Waals surface area contributed by atoms with Crippen LogP contribution in [0, 0.1) is 3.57 Å². The van der Waals surface area contributed by atoms with Gasteiger partial charge >= 0.3 is 6.03 Å². The Morgan fingerprint density at radius 1 is 0.889 bits per heavy atom. The molecule has 2 aromatic carbocycles. The number of anilines is 2. The highest BCUT2D eigenvalue weighted by molar-refractivity contribution is 14.1. The van der Waals surface area contributed by atoms with Gasteiger partial charge in [-0.25, -0.2) is 4.79 Å². The lowest BCUT2D eigenvalue weighted by atomic mass is 10.3. The molecule has 0 aliphatic rings. The molecule has 0 bridgehead atoms. The summed E-state index contributed by atoms with van der Waals surface area (Å²) in [5, 5.41) is 5.53. The fourth-order valence-corrected chi connectivity index (χ4v) is 1.98. The molecule has 5 heteroatoms. The van der Waals surface area contributed by atoms with Crippen molar-refractivity contribution in [2.24, 2.45) is 0 Å². The lowest BCUT2D eigenvalue weighted by molar-refractivity contribution is 0.262. The van der Waals surface area contributed by atoms with E-state index in [1.165, 1.54) is 0 Å². The summed E-state index contributed by atoms with van der Waals surface area (Å²) in [4.78, 5) is 11.7. The van der Waals surface area contributed by atoms with E-state index in [2.05, 4.69) is 49.2 Å². The first-order valence-electron chi connectivity index (χ1n) is 5.22. The Balaban J connectivity index is 1.96. The second-order valence-corrected chi connectivity index (χ2v) is 5.75. The van der Waals surface area contributed by atoms with E-state index in [0.717, 1.165) is 19.4 Å². The van der Waals surface area contributed by atoms with E-state index < -0.39 is 0 Å². The van der Waals surface area contributed by atoms with Gasteiger partial charge in [-0.05, 0) is 71.1 Å². The largest absolute Gasteiger partial charge is 0.323 e. The molecule has 92 valence electrons. The van der Waals surface area contributed by atoms with Gasteiger partial charge in [-0.15, -0.1) is 0 Å². The molecular weight excluding hydrogens is 407 g/mol. The molecule has 0 saturated carbocycles. The molecule has 2 rings (SSSR count). The SMILES string of the molecule is O=C(Nc1ccc(Br)cc1)Nc1ccc(I)cc1. The van der Waals surface area contributed by atoms with Gasteiger partial charge in [0.05, 0.1) is 0 Å². The summed E-state index contributed by atoms with van der Waals surface area (Å²) in [5.74, 6) is 0. The van der Waals surface area contributed by atoms with Crippen molar-refractivity contribution in [3.05, 3.63) is 56.6 Å². The molecule has 0 fully saturated rings. The van der Waals surface area contributed by atoms with Gasteiger partial charge in [-0.3, -0.25) is 0 Å². The van der Waals surface area contributed by atoms with E-state index in [4.69, 9.17) is 0 Å². The standard InChI is InChI=1S/C13H10BrIN2O/c14-9-1-5-11(6-2-9)16-13(18)17-12-7-3-10(15)4-8-12/h1-8H,(H2,16,17,18). The third-order valence-electron chi connectivity index (χ3n) is 2.20. The summed E-state index contributed by atoms with van der Waals surface area (Å²) >= 11 is 5.56. The lowest BCUT2D eigenvalue weighted by Gasteiger charge is -2.07. The molecule has 0 heterocycles. The molecule has 2 N–H and O–H groups in total. The molecular formula is C13H10BrIN2O. The van der Waals surface area contributed by atoms with Crippen molar-refractivity contribution in [2.75, 3.05) is 10.6 Å². The number of halogens is 2. The van der Waals surface area contributed by atoms with Crippen LogP contribution < -0.4 is 10.6 Å². The Kier molecular flexibility index (Phi) is 4.60.